The van der Waals surface area contributed by atoms with Crippen LogP contribution in [0.2, 0.25) is 5.02 Å². The van der Waals surface area contributed by atoms with E-state index in [1.165, 1.54) is 98.7 Å². The molecule has 0 spiro atoms. The normalized spacial score (nSPS) is 11.4. The van der Waals surface area contributed by atoms with Crippen molar-refractivity contribution in [3.05, 3.63) is 308 Å². The summed E-state index contributed by atoms with van der Waals surface area (Å²) in [7, 11) is 0. The van der Waals surface area contributed by atoms with Gasteiger partial charge < -0.3 is 9.32 Å². The van der Waals surface area contributed by atoms with Crippen LogP contribution >= 0.6 is 11.6 Å². The second-order valence-corrected chi connectivity index (χ2v) is 20.5. The minimum atomic E-state index is 0.757. The van der Waals surface area contributed by atoms with Gasteiger partial charge in [-0.05, 0) is 159 Å². The monoisotopic (exact) mass is 1030 g/mol. The van der Waals surface area contributed by atoms with Gasteiger partial charge in [-0.3, -0.25) is 0 Å². The van der Waals surface area contributed by atoms with Gasteiger partial charge in [-0.25, -0.2) is 0 Å². The maximum Gasteiger partial charge on any atom is 0.159 e. The Morgan fingerprint density at radius 1 is 0.266 bits per heavy atom. The summed E-state index contributed by atoms with van der Waals surface area (Å²) in [6, 6.07) is 108. The highest BCUT2D eigenvalue weighted by atomic mass is 35.5. The molecule has 0 fully saturated rings. The Morgan fingerprint density at radius 2 is 0.646 bits per heavy atom. The van der Waals surface area contributed by atoms with Crippen LogP contribution in [0.4, 0.5) is 17.1 Å². The second-order valence-electron chi connectivity index (χ2n) is 20.0. The van der Waals surface area contributed by atoms with Crippen LogP contribution in [0, 0.1) is 0 Å². The molecule has 15 aromatic rings. The molecule has 0 saturated heterocycles. The van der Waals surface area contributed by atoms with Crippen molar-refractivity contribution in [1.29, 1.82) is 0 Å². The van der Waals surface area contributed by atoms with E-state index in [9.17, 15) is 0 Å². The Bertz CT molecular complexity index is 4680. The Balaban J connectivity index is 0.000000175. The van der Waals surface area contributed by atoms with Crippen molar-refractivity contribution in [1.82, 2.24) is 0 Å². The first-order valence-electron chi connectivity index (χ1n) is 26.8. The molecule has 0 atom stereocenters. The fourth-order valence-corrected chi connectivity index (χ4v) is 11.8. The highest BCUT2D eigenvalue weighted by molar-refractivity contribution is 6.30. The van der Waals surface area contributed by atoms with Crippen molar-refractivity contribution < 1.29 is 4.42 Å². The molecule has 0 saturated carbocycles. The lowest BCUT2D eigenvalue weighted by Gasteiger charge is -2.26. The van der Waals surface area contributed by atoms with Crippen molar-refractivity contribution in [3.63, 3.8) is 0 Å². The molecule has 0 amide bonds. The average molecular weight is 1030 g/mol. The molecule has 3 heteroatoms. The van der Waals surface area contributed by atoms with Crippen molar-refractivity contribution in [2.45, 2.75) is 0 Å². The van der Waals surface area contributed by atoms with Crippen LogP contribution < -0.4 is 4.90 Å². The molecule has 14 aromatic carbocycles. The maximum atomic E-state index is 6.60. The number of para-hydroxylation sites is 2. The molecule has 0 aliphatic heterocycles. The molecular formula is C76H50ClNO. The van der Waals surface area contributed by atoms with Gasteiger partial charge in [0.15, 0.2) is 5.58 Å². The first kappa shape index (κ1) is 47.5. The van der Waals surface area contributed by atoms with Gasteiger partial charge in [-0.1, -0.05) is 254 Å². The Morgan fingerprint density at radius 3 is 1.18 bits per heavy atom. The standard InChI is InChI=1S/C50H33NO.C26H17Cl/c1-3-13-34(14-4-1)35-25-29-39(30-26-35)51(47-23-12-22-45-43-19-9-10-24-48(43)52-50(45)47)40-31-27-37(28-32-40)46-33-38-17-7-8-18-41(38)44-21-11-20-42(49(44)46)36-15-5-2-6-16-36;27-21-15-13-19(14-16-21)25-17-20-9-4-5-10-22(20)24-12-6-11-23(26(24)25)18-7-2-1-3-8-18/h1-33H;1-17H. The maximum absolute atomic E-state index is 6.60. The number of fused-ring (bicyclic) bond motifs is 9. The van der Waals surface area contributed by atoms with Crippen molar-refractivity contribution >= 4 is 93.7 Å². The Labute approximate surface area is 464 Å². The minimum absolute atomic E-state index is 0.757. The molecular weight excluding hydrogens is 978 g/mol. The van der Waals surface area contributed by atoms with E-state index in [1.807, 2.05) is 24.3 Å². The van der Waals surface area contributed by atoms with Crippen LogP contribution in [0.25, 0.3) is 121 Å². The molecule has 0 unspecified atom stereocenters. The first-order valence-corrected chi connectivity index (χ1v) is 27.2. The number of hydrogen-bond acceptors (Lipinski definition) is 2. The third-order valence-corrected chi connectivity index (χ3v) is 15.6. The third-order valence-electron chi connectivity index (χ3n) is 15.4. The topological polar surface area (TPSA) is 16.4 Å². The highest BCUT2D eigenvalue weighted by Crippen LogP contribution is 2.46. The number of benzene rings is 14. The molecule has 0 aliphatic rings. The van der Waals surface area contributed by atoms with Gasteiger partial charge in [0.25, 0.3) is 0 Å². The smallest absolute Gasteiger partial charge is 0.159 e. The molecule has 372 valence electrons. The van der Waals surface area contributed by atoms with E-state index in [0.717, 1.165) is 44.0 Å². The molecule has 1 aromatic heterocycles. The lowest BCUT2D eigenvalue weighted by Crippen LogP contribution is -2.10. The van der Waals surface area contributed by atoms with E-state index in [2.05, 4.69) is 284 Å². The number of halogens is 1. The zero-order valence-corrected chi connectivity index (χ0v) is 43.9. The zero-order valence-electron chi connectivity index (χ0n) is 43.1. The molecule has 0 aliphatic carbocycles. The predicted octanol–water partition coefficient (Wildman–Crippen LogP) is 22.3. The summed E-state index contributed by atoms with van der Waals surface area (Å²) >= 11 is 6.14. The fourth-order valence-electron chi connectivity index (χ4n) is 11.7. The summed E-state index contributed by atoms with van der Waals surface area (Å²) in [4.78, 5) is 2.32. The summed E-state index contributed by atoms with van der Waals surface area (Å²) in [5, 5.41) is 13.1. The van der Waals surface area contributed by atoms with Gasteiger partial charge in [0.05, 0.1) is 5.69 Å². The molecule has 0 N–H and O–H groups in total. The van der Waals surface area contributed by atoms with E-state index in [0.29, 0.717) is 0 Å². The number of anilines is 3. The lowest BCUT2D eigenvalue weighted by molar-refractivity contribution is 0.669. The van der Waals surface area contributed by atoms with E-state index < -0.39 is 0 Å². The molecule has 79 heavy (non-hydrogen) atoms. The van der Waals surface area contributed by atoms with Crippen LogP contribution in [0.5, 0.6) is 0 Å². The van der Waals surface area contributed by atoms with Crippen LogP contribution in [0.15, 0.2) is 308 Å². The number of furan rings is 1. The molecule has 1 heterocycles. The van der Waals surface area contributed by atoms with Crippen molar-refractivity contribution in [3.8, 4) is 55.6 Å². The minimum Gasteiger partial charge on any atom is -0.454 e. The number of hydrogen-bond donors (Lipinski definition) is 0. The summed E-state index contributed by atoms with van der Waals surface area (Å²) in [6.45, 7) is 0. The Kier molecular flexibility index (Phi) is 12.3. The van der Waals surface area contributed by atoms with Gasteiger partial charge >= 0.3 is 0 Å². The van der Waals surface area contributed by atoms with E-state index in [1.54, 1.807) is 0 Å². The van der Waals surface area contributed by atoms with Crippen molar-refractivity contribution in [2.24, 2.45) is 0 Å². The summed E-state index contributed by atoms with van der Waals surface area (Å²) in [5.41, 5.74) is 17.0. The zero-order chi connectivity index (χ0) is 52.7. The second kappa shape index (κ2) is 20.5. The van der Waals surface area contributed by atoms with Gasteiger partial charge in [0.1, 0.15) is 5.58 Å². The van der Waals surface area contributed by atoms with Crippen LogP contribution in [0.1, 0.15) is 0 Å². The van der Waals surface area contributed by atoms with Crippen LogP contribution in [-0.4, -0.2) is 0 Å². The highest BCUT2D eigenvalue weighted by Gasteiger charge is 2.21. The largest absolute Gasteiger partial charge is 0.454 e. The van der Waals surface area contributed by atoms with Gasteiger partial charge in [0.2, 0.25) is 0 Å². The van der Waals surface area contributed by atoms with Gasteiger partial charge in [0, 0.05) is 27.2 Å². The predicted molar refractivity (Wildman–Crippen MR) is 337 cm³/mol. The Hall–Kier alpha value is -9.99. The average Bonchev–Trinajstić information content (AvgIpc) is 4.04. The van der Waals surface area contributed by atoms with Gasteiger partial charge in [-0.15, -0.1) is 0 Å². The molecule has 2 nitrogen and oxygen atoms in total. The van der Waals surface area contributed by atoms with E-state index in [4.69, 9.17) is 16.0 Å². The van der Waals surface area contributed by atoms with Crippen molar-refractivity contribution in [2.75, 3.05) is 4.90 Å². The number of rotatable bonds is 8. The molecule has 15 rings (SSSR count). The molecule has 0 radical (unpaired) electrons. The van der Waals surface area contributed by atoms with Gasteiger partial charge in [-0.2, -0.15) is 0 Å². The molecule has 0 bridgehead atoms. The van der Waals surface area contributed by atoms with Crippen LogP contribution in [0.3, 0.4) is 0 Å². The quantitative estimate of drug-likeness (QED) is 0.141. The summed E-state index contributed by atoms with van der Waals surface area (Å²) < 4.78 is 6.60. The van der Waals surface area contributed by atoms with E-state index in [-0.39, 0.29) is 0 Å². The van der Waals surface area contributed by atoms with Crippen LogP contribution in [-0.2, 0) is 0 Å². The third kappa shape index (κ3) is 8.85. The summed E-state index contributed by atoms with van der Waals surface area (Å²) in [6.07, 6.45) is 0. The summed E-state index contributed by atoms with van der Waals surface area (Å²) in [5.74, 6) is 0. The number of nitrogens with zero attached hydrogens (tertiary/aromatic N) is 1. The fraction of sp³-hybridized carbons (Fsp3) is 0. The SMILES string of the molecule is Clc1ccc(-c2cc3ccccc3c3cccc(-c4ccccc4)c23)cc1.c1ccc(-c2ccc(N(c3ccc(-c4cc5ccccc5c5cccc(-c6ccccc6)c45)cc3)c3cccc4c3oc3ccccc34)cc2)cc1. The van der Waals surface area contributed by atoms with E-state index >= 15 is 0 Å². The first-order chi connectivity index (χ1) is 39.1. The lowest BCUT2D eigenvalue weighted by atomic mass is 9.88.